The van der Waals surface area contributed by atoms with E-state index < -0.39 is 0 Å². The number of aromatic nitrogens is 1. The molecule has 1 aromatic carbocycles. The number of nitrogens with zero attached hydrogens (tertiary/aromatic N) is 1. The van der Waals surface area contributed by atoms with E-state index in [-0.39, 0.29) is 17.4 Å². The largest absolute Gasteiger partial charge is 0.441 e. The summed E-state index contributed by atoms with van der Waals surface area (Å²) in [5.74, 6) is 0.689. The second kappa shape index (κ2) is 3.58. The first kappa shape index (κ1) is 11.4. The van der Waals surface area contributed by atoms with Crippen LogP contribution in [-0.2, 0) is 10.2 Å². The molecule has 0 unspecified atom stereocenters. The molecule has 4 rings (SSSR count). The van der Waals surface area contributed by atoms with Crippen molar-refractivity contribution in [3.63, 3.8) is 0 Å². The van der Waals surface area contributed by atoms with Crippen molar-refractivity contribution in [1.29, 1.82) is 0 Å². The van der Waals surface area contributed by atoms with E-state index in [2.05, 4.69) is 17.1 Å². The molecule has 4 nitrogen and oxygen atoms in total. The summed E-state index contributed by atoms with van der Waals surface area (Å²) in [6.45, 7) is 3.51. The molecule has 100 valence electrons. The highest BCUT2D eigenvalue weighted by Crippen LogP contribution is 2.62. The average molecular weight is 259 g/mol. The van der Waals surface area contributed by atoms with E-state index in [4.69, 9.17) is 9.15 Å². The van der Waals surface area contributed by atoms with Gasteiger partial charge < -0.3 is 14.3 Å². The molecule has 0 spiro atoms. The van der Waals surface area contributed by atoms with E-state index in [1.165, 1.54) is 5.56 Å². The normalized spacial score (nSPS) is 23.3. The van der Waals surface area contributed by atoms with Crippen LogP contribution in [0.15, 0.2) is 22.6 Å². The van der Waals surface area contributed by atoms with Gasteiger partial charge in [-0.3, -0.25) is 0 Å². The first-order valence-corrected chi connectivity index (χ1v) is 6.75. The van der Waals surface area contributed by atoms with Gasteiger partial charge in [0.25, 0.3) is 0 Å². The molecule has 2 heterocycles. The first-order chi connectivity index (χ1) is 9.19. The van der Waals surface area contributed by atoms with Crippen LogP contribution < -0.4 is 0 Å². The second-order valence-corrected chi connectivity index (χ2v) is 5.93. The summed E-state index contributed by atoms with van der Waals surface area (Å²) < 4.78 is 11.0. The number of oxazole rings is 1. The molecule has 0 radical (unpaired) electrons. The fraction of sp³-hybridized carbons (Fsp3) is 0.533. The molecule has 1 saturated heterocycles. The van der Waals surface area contributed by atoms with E-state index in [0.717, 1.165) is 23.9 Å². The number of hydrogen-bond acceptors (Lipinski definition) is 4. The van der Waals surface area contributed by atoms with Crippen molar-refractivity contribution in [3.05, 3.63) is 29.7 Å². The third-order valence-corrected chi connectivity index (χ3v) is 4.92. The van der Waals surface area contributed by atoms with E-state index in [9.17, 15) is 5.11 Å². The van der Waals surface area contributed by atoms with Crippen molar-refractivity contribution in [2.75, 3.05) is 19.8 Å². The maximum Gasteiger partial charge on any atom is 0.192 e. The number of benzene rings is 1. The van der Waals surface area contributed by atoms with Crippen LogP contribution in [0.1, 0.15) is 24.3 Å². The molecule has 4 heteroatoms. The number of fused-ring (bicyclic) bond motifs is 1. The predicted octanol–water partition coefficient (Wildman–Crippen LogP) is 2.18. The van der Waals surface area contributed by atoms with Crippen LogP contribution in [0.25, 0.3) is 11.1 Å². The Morgan fingerprint density at radius 3 is 2.68 bits per heavy atom. The van der Waals surface area contributed by atoms with E-state index in [1.807, 2.05) is 13.0 Å². The topological polar surface area (TPSA) is 55.5 Å². The Kier molecular flexibility index (Phi) is 2.16. The van der Waals surface area contributed by atoms with Gasteiger partial charge in [0.1, 0.15) is 5.52 Å². The van der Waals surface area contributed by atoms with Crippen LogP contribution in [0, 0.1) is 12.3 Å². The minimum atomic E-state index is -0.0250. The number of ether oxygens (including phenoxy) is 1. The lowest BCUT2D eigenvalue weighted by Gasteiger charge is -2.48. The SMILES string of the molecule is Cc1nc2cc(C3(C4(CO)CC4)COC3)ccc2o1. The van der Waals surface area contributed by atoms with Crippen molar-refractivity contribution >= 4 is 11.1 Å². The highest BCUT2D eigenvalue weighted by atomic mass is 16.5. The van der Waals surface area contributed by atoms with Gasteiger partial charge >= 0.3 is 0 Å². The van der Waals surface area contributed by atoms with Crippen LogP contribution in [-0.4, -0.2) is 29.9 Å². The van der Waals surface area contributed by atoms with Gasteiger partial charge in [-0.1, -0.05) is 6.07 Å². The Bertz CT molecular complexity index is 638. The summed E-state index contributed by atoms with van der Waals surface area (Å²) in [5, 5.41) is 9.75. The second-order valence-electron chi connectivity index (χ2n) is 5.93. The molecule has 2 fully saturated rings. The van der Waals surface area contributed by atoms with E-state index >= 15 is 0 Å². The highest BCUT2D eigenvalue weighted by molar-refractivity contribution is 5.74. The summed E-state index contributed by atoms with van der Waals surface area (Å²) in [4.78, 5) is 4.40. The molecule has 1 aromatic heterocycles. The lowest BCUT2D eigenvalue weighted by molar-refractivity contribution is -0.110. The Morgan fingerprint density at radius 1 is 1.32 bits per heavy atom. The van der Waals surface area contributed by atoms with Crippen LogP contribution in [0.4, 0.5) is 0 Å². The fourth-order valence-corrected chi connectivity index (χ4v) is 3.36. The smallest absolute Gasteiger partial charge is 0.192 e. The summed E-state index contributed by atoms with van der Waals surface area (Å²) in [6, 6.07) is 6.19. The fourth-order valence-electron chi connectivity index (χ4n) is 3.36. The number of aliphatic hydroxyl groups excluding tert-OH is 1. The van der Waals surface area contributed by atoms with Gasteiger partial charge in [-0.2, -0.15) is 0 Å². The van der Waals surface area contributed by atoms with Crippen LogP contribution in [0.5, 0.6) is 0 Å². The summed E-state index contributed by atoms with van der Waals surface area (Å²) in [5.41, 5.74) is 2.95. The third kappa shape index (κ3) is 1.38. The van der Waals surface area contributed by atoms with Crippen LogP contribution in [0.3, 0.4) is 0 Å². The molecule has 2 aromatic rings. The van der Waals surface area contributed by atoms with Gasteiger partial charge in [-0.15, -0.1) is 0 Å². The number of rotatable bonds is 3. The zero-order valence-corrected chi connectivity index (χ0v) is 11.0. The minimum Gasteiger partial charge on any atom is -0.441 e. The Labute approximate surface area is 111 Å². The molecule has 2 aliphatic rings. The summed E-state index contributed by atoms with van der Waals surface area (Å²) in [7, 11) is 0. The summed E-state index contributed by atoms with van der Waals surface area (Å²) in [6.07, 6.45) is 2.17. The van der Waals surface area contributed by atoms with Crippen molar-refractivity contribution in [1.82, 2.24) is 4.98 Å². The van der Waals surface area contributed by atoms with E-state index in [0.29, 0.717) is 19.1 Å². The van der Waals surface area contributed by atoms with Crippen molar-refractivity contribution in [3.8, 4) is 0 Å². The molecule has 1 N–H and O–H groups in total. The molecule has 19 heavy (non-hydrogen) atoms. The number of aliphatic hydroxyl groups is 1. The Morgan fingerprint density at radius 2 is 2.11 bits per heavy atom. The zero-order chi connectivity index (χ0) is 13.1. The van der Waals surface area contributed by atoms with Crippen LogP contribution in [0.2, 0.25) is 0 Å². The molecule has 1 aliphatic heterocycles. The van der Waals surface area contributed by atoms with Gasteiger partial charge in [-0.05, 0) is 30.5 Å². The standard InChI is InChI=1S/C15H17NO3/c1-10-16-12-6-11(2-3-13(12)19-10)15(8-18-9-15)14(7-17)4-5-14/h2-3,6,17H,4-5,7-9H2,1H3. The third-order valence-electron chi connectivity index (χ3n) is 4.92. The van der Waals surface area contributed by atoms with Crippen molar-refractivity contribution in [2.24, 2.45) is 5.41 Å². The lowest BCUT2D eigenvalue weighted by Crippen LogP contribution is -2.54. The number of aryl methyl sites for hydroxylation is 1. The van der Waals surface area contributed by atoms with Gasteiger partial charge in [-0.25, -0.2) is 4.98 Å². The van der Waals surface area contributed by atoms with Gasteiger partial charge in [0.05, 0.1) is 13.2 Å². The quantitative estimate of drug-likeness (QED) is 0.918. The summed E-state index contributed by atoms with van der Waals surface area (Å²) >= 11 is 0. The molecular weight excluding hydrogens is 242 g/mol. The van der Waals surface area contributed by atoms with Crippen LogP contribution >= 0.6 is 0 Å². The first-order valence-electron chi connectivity index (χ1n) is 6.75. The number of hydrogen-bond donors (Lipinski definition) is 1. The lowest BCUT2D eigenvalue weighted by atomic mass is 9.66. The van der Waals surface area contributed by atoms with Crippen molar-refractivity contribution in [2.45, 2.75) is 25.2 Å². The average Bonchev–Trinajstić information content (AvgIpc) is 3.04. The monoisotopic (exact) mass is 259 g/mol. The van der Waals surface area contributed by atoms with Crippen molar-refractivity contribution < 1.29 is 14.3 Å². The molecular formula is C15H17NO3. The Balaban J connectivity index is 1.84. The maximum absolute atomic E-state index is 9.75. The predicted molar refractivity (Wildman–Crippen MR) is 70.0 cm³/mol. The highest BCUT2D eigenvalue weighted by Gasteiger charge is 2.63. The molecule has 1 saturated carbocycles. The Hall–Kier alpha value is -1.39. The van der Waals surface area contributed by atoms with Gasteiger partial charge in [0.15, 0.2) is 11.5 Å². The molecule has 0 amide bonds. The molecule has 0 atom stereocenters. The van der Waals surface area contributed by atoms with Gasteiger partial charge in [0, 0.05) is 24.4 Å². The minimum absolute atomic E-state index is 0.0250. The molecule has 1 aliphatic carbocycles. The molecule has 0 bridgehead atoms. The van der Waals surface area contributed by atoms with Gasteiger partial charge in [0.2, 0.25) is 0 Å². The zero-order valence-electron chi connectivity index (χ0n) is 11.0. The van der Waals surface area contributed by atoms with E-state index in [1.54, 1.807) is 0 Å². The maximum atomic E-state index is 9.75.